The molecule has 0 amide bonds. The van der Waals surface area contributed by atoms with E-state index in [-0.39, 0.29) is 6.61 Å². The van der Waals surface area contributed by atoms with E-state index < -0.39 is 5.97 Å². The Hall–Kier alpha value is -4.24. The van der Waals surface area contributed by atoms with E-state index in [9.17, 15) is 4.79 Å². The highest BCUT2D eigenvalue weighted by Gasteiger charge is 2.32. The SMILES string of the molecule is CCOC(=O)c1cnn2c(N(C)Cc3ccccc3)cc(-c3cn([C@H]4C[C@@H](COC)C4)c4ncccc34)nc12. The Bertz CT molecular complexity index is 1620. The predicted octanol–water partition coefficient (Wildman–Crippen LogP) is 5.16. The zero-order valence-electron chi connectivity index (χ0n) is 22.4. The fourth-order valence-corrected chi connectivity index (χ4v) is 5.51. The number of pyridine rings is 1. The van der Waals surface area contributed by atoms with Gasteiger partial charge in [-0.1, -0.05) is 30.3 Å². The zero-order chi connectivity index (χ0) is 26.9. The number of hydrogen-bond donors (Lipinski definition) is 0. The van der Waals surface area contributed by atoms with Gasteiger partial charge in [0.05, 0.1) is 18.5 Å². The summed E-state index contributed by atoms with van der Waals surface area (Å²) < 4.78 is 14.7. The van der Waals surface area contributed by atoms with Crippen LogP contribution in [0.5, 0.6) is 0 Å². The molecule has 0 spiro atoms. The summed E-state index contributed by atoms with van der Waals surface area (Å²) in [6, 6.07) is 16.7. The van der Waals surface area contributed by atoms with Crippen molar-refractivity contribution in [2.75, 3.05) is 32.3 Å². The molecule has 0 N–H and O–H groups in total. The lowest BCUT2D eigenvalue weighted by Crippen LogP contribution is -2.29. The maximum Gasteiger partial charge on any atom is 0.343 e. The fraction of sp³-hybridized carbons (Fsp3) is 0.333. The van der Waals surface area contributed by atoms with Gasteiger partial charge in [0.2, 0.25) is 0 Å². The van der Waals surface area contributed by atoms with Gasteiger partial charge in [0.15, 0.2) is 5.65 Å². The van der Waals surface area contributed by atoms with E-state index in [1.807, 2.05) is 43.6 Å². The van der Waals surface area contributed by atoms with Gasteiger partial charge in [-0.3, -0.25) is 0 Å². The highest BCUT2D eigenvalue weighted by atomic mass is 16.5. The van der Waals surface area contributed by atoms with Crippen LogP contribution in [0.15, 0.2) is 67.1 Å². The largest absolute Gasteiger partial charge is 0.462 e. The van der Waals surface area contributed by atoms with Crippen molar-refractivity contribution < 1.29 is 14.3 Å². The fourth-order valence-electron chi connectivity index (χ4n) is 5.51. The summed E-state index contributed by atoms with van der Waals surface area (Å²) in [6.45, 7) is 3.52. The van der Waals surface area contributed by atoms with Crippen LogP contribution in [0.3, 0.4) is 0 Å². The third-order valence-corrected chi connectivity index (χ3v) is 7.47. The predicted molar refractivity (Wildman–Crippen MR) is 150 cm³/mol. The minimum atomic E-state index is -0.434. The topological polar surface area (TPSA) is 86.8 Å². The number of methoxy groups -OCH3 is 1. The molecule has 0 atom stereocenters. The molecule has 0 aliphatic heterocycles. The molecule has 0 unspecified atom stereocenters. The standard InChI is InChI=1S/C30H32N6O3/c1-4-39-30(37)24-16-32-36-27(34(2)17-20-9-6-5-7-10-20)15-26(33-29(24)36)25-18-35(22-13-21(14-22)19-38-3)28-23(25)11-8-12-31-28/h5-12,15-16,18,21-22H,4,13-14,17,19H2,1-3H3/t21-,22+. The summed E-state index contributed by atoms with van der Waals surface area (Å²) in [5.74, 6) is 0.954. The van der Waals surface area contributed by atoms with E-state index in [2.05, 4.69) is 39.0 Å². The van der Waals surface area contributed by atoms with E-state index in [0.717, 1.165) is 47.6 Å². The van der Waals surface area contributed by atoms with Gasteiger partial charge in [-0.2, -0.15) is 9.61 Å². The summed E-state index contributed by atoms with van der Waals surface area (Å²) in [4.78, 5) is 24.7. The van der Waals surface area contributed by atoms with E-state index >= 15 is 0 Å². The van der Waals surface area contributed by atoms with Gasteiger partial charge < -0.3 is 18.9 Å². The molecule has 5 aromatic rings. The van der Waals surface area contributed by atoms with Gasteiger partial charge in [-0.15, -0.1) is 0 Å². The summed E-state index contributed by atoms with van der Waals surface area (Å²) in [5.41, 5.74) is 4.65. The van der Waals surface area contributed by atoms with Crippen molar-refractivity contribution in [3.63, 3.8) is 0 Å². The number of carbonyl (C=O) groups excluding carboxylic acids is 1. The van der Waals surface area contributed by atoms with Crippen molar-refractivity contribution in [1.82, 2.24) is 24.1 Å². The molecule has 4 aromatic heterocycles. The molecule has 0 radical (unpaired) electrons. The molecule has 4 heterocycles. The van der Waals surface area contributed by atoms with Crippen molar-refractivity contribution >= 4 is 28.5 Å². The van der Waals surface area contributed by atoms with Crippen LogP contribution < -0.4 is 4.90 Å². The van der Waals surface area contributed by atoms with Crippen molar-refractivity contribution in [2.45, 2.75) is 32.4 Å². The van der Waals surface area contributed by atoms with Crippen LogP contribution in [0.4, 0.5) is 5.82 Å². The van der Waals surface area contributed by atoms with Crippen molar-refractivity contribution in [3.05, 3.63) is 78.2 Å². The minimum Gasteiger partial charge on any atom is -0.462 e. The van der Waals surface area contributed by atoms with Crippen LogP contribution in [0, 0.1) is 5.92 Å². The quantitative estimate of drug-likeness (QED) is 0.246. The Kier molecular flexibility index (Phi) is 6.74. The summed E-state index contributed by atoms with van der Waals surface area (Å²) >= 11 is 0. The lowest BCUT2D eigenvalue weighted by Gasteiger charge is -2.36. The zero-order valence-corrected chi connectivity index (χ0v) is 22.4. The lowest BCUT2D eigenvalue weighted by molar-refractivity contribution is 0.0528. The Morgan fingerprint density at radius 1 is 1.13 bits per heavy atom. The van der Waals surface area contributed by atoms with Gasteiger partial charge in [-0.25, -0.2) is 14.8 Å². The van der Waals surface area contributed by atoms with E-state index in [4.69, 9.17) is 19.4 Å². The van der Waals surface area contributed by atoms with Crippen LogP contribution in [-0.4, -0.2) is 57.5 Å². The second kappa shape index (κ2) is 10.5. The van der Waals surface area contributed by atoms with Crippen molar-refractivity contribution in [2.24, 2.45) is 5.92 Å². The van der Waals surface area contributed by atoms with E-state index in [0.29, 0.717) is 29.7 Å². The first-order chi connectivity index (χ1) is 19.1. The van der Waals surface area contributed by atoms with Crippen LogP contribution >= 0.6 is 0 Å². The number of rotatable bonds is 9. The smallest absolute Gasteiger partial charge is 0.343 e. The summed E-state index contributed by atoms with van der Waals surface area (Å²) in [7, 11) is 3.78. The van der Waals surface area contributed by atoms with E-state index in [1.54, 1.807) is 24.7 Å². The molecule has 200 valence electrons. The van der Waals surface area contributed by atoms with Gasteiger partial charge in [0, 0.05) is 62.8 Å². The monoisotopic (exact) mass is 524 g/mol. The first-order valence-corrected chi connectivity index (χ1v) is 13.3. The Labute approximate surface area is 227 Å². The molecule has 1 fully saturated rings. The maximum absolute atomic E-state index is 12.8. The Morgan fingerprint density at radius 2 is 1.95 bits per heavy atom. The second-order valence-corrected chi connectivity index (χ2v) is 10.1. The first kappa shape index (κ1) is 25.1. The molecule has 39 heavy (non-hydrogen) atoms. The molecule has 0 saturated heterocycles. The number of aromatic nitrogens is 5. The van der Waals surface area contributed by atoms with Crippen molar-refractivity contribution in [3.8, 4) is 11.3 Å². The highest BCUT2D eigenvalue weighted by molar-refractivity contribution is 5.98. The molecule has 1 saturated carbocycles. The number of carbonyl (C=O) groups is 1. The molecule has 1 aromatic carbocycles. The third-order valence-electron chi connectivity index (χ3n) is 7.47. The molecular formula is C30H32N6O3. The third kappa shape index (κ3) is 4.63. The highest BCUT2D eigenvalue weighted by Crippen LogP contribution is 2.42. The molecule has 6 rings (SSSR count). The van der Waals surface area contributed by atoms with Crippen LogP contribution in [0.1, 0.15) is 41.7 Å². The van der Waals surface area contributed by atoms with Crippen LogP contribution in [-0.2, 0) is 16.0 Å². The van der Waals surface area contributed by atoms with Crippen LogP contribution in [0.2, 0.25) is 0 Å². The second-order valence-electron chi connectivity index (χ2n) is 10.1. The molecule has 9 nitrogen and oxygen atoms in total. The first-order valence-electron chi connectivity index (χ1n) is 13.3. The lowest BCUT2D eigenvalue weighted by atomic mass is 9.80. The van der Waals surface area contributed by atoms with Crippen LogP contribution in [0.25, 0.3) is 27.9 Å². The Morgan fingerprint density at radius 3 is 2.72 bits per heavy atom. The summed E-state index contributed by atoms with van der Waals surface area (Å²) in [5, 5.41) is 5.57. The van der Waals surface area contributed by atoms with Gasteiger partial charge in [0.1, 0.15) is 17.0 Å². The average Bonchev–Trinajstić information content (AvgIpc) is 3.53. The van der Waals surface area contributed by atoms with Gasteiger partial charge in [0.25, 0.3) is 0 Å². The number of benzene rings is 1. The molecule has 0 bridgehead atoms. The van der Waals surface area contributed by atoms with Gasteiger partial charge in [-0.05, 0) is 43.4 Å². The normalized spacial score (nSPS) is 16.9. The molecule has 9 heteroatoms. The number of ether oxygens (including phenoxy) is 2. The summed E-state index contributed by atoms with van der Waals surface area (Å²) in [6.07, 6.45) is 7.64. The minimum absolute atomic E-state index is 0.279. The molecule has 1 aliphatic rings. The molecular weight excluding hydrogens is 492 g/mol. The van der Waals surface area contributed by atoms with E-state index in [1.165, 1.54) is 5.56 Å². The number of esters is 1. The van der Waals surface area contributed by atoms with Gasteiger partial charge >= 0.3 is 5.97 Å². The Balaban J connectivity index is 1.48. The number of hydrogen-bond acceptors (Lipinski definition) is 7. The maximum atomic E-state index is 12.8. The van der Waals surface area contributed by atoms with Crippen molar-refractivity contribution in [1.29, 1.82) is 0 Å². The number of anilines is 1. The molecule has 1 aliphatic carbocycles. The number of fused-ring (bicyclic) bond motifs is 2. The average molecular weight is 525 g/mol. The number of nitrogens with zero attached hydrogens (tertiary/aromatic N) is 6.